The lowest BCUT2D eigenvalue weighted by atomic mass is 9.86. The van der Waals surface area contributed by atoms with Gasteiger partial charge in [0.05, 0.1) is 0 Å². The van der Waals surface area contributed by atoms with Gasteiger partial charge in [-0.1, -0.05) is 51.2 Å². The van der Waals surface area contributed by atoms with Crippen LogP contribution in [0.15, 0.2) is 30.4 Å². The first-order chi connectivity index (χ1) is 27.3. The van der Waals surface area contributed by atoms with Crippen LogP contribution in [-0.4, -0.2) is 119 Å². The summed E-state index contributed by atoms with van der Waals surface area (Å²) in [4.78, 5) is 101. The third-order valence-corrected chi connectivity index (χ3v) is 11.9. The van der Waals surface area contributed by atoms with E-state index in [-0.39, 0.29) is 56.8 Å². The lowest BCUT2D eigenvalue weighted by molar-refractivity contribution is -0.158. The summed E-state index contributed by atoms with van der Waals surface area (Å²) < 4.78 is 34.3. The molecular weight excluding hydrogens is 742 g/mol. The molecule has 4 heterocycles. The van der Waals surface area contributed by atoms with Crippen molar-refractivity contribution in [3.8, 4) is 0 Å². The molecule has 57 heavy (non-hydrogen) atoms. The predicted octanol–water partition coefficient (Wildman–Crippen LogP) is 2.28. The van der Waals surface area contributed by atoms with Gasteiger partial charge in [-0.15, -0.1) is 0 Å². The quantitative estimate of drug-likeness (QED) is 0.266. The normalized spacial score (nSPS) is 28.3. The molecule has 5 aliphatic rings. The fraction of sp³-hybridized carbons (Fsp3) is 0.634. The summed E-state index contributed by atoms with van der Waals surface area (Å²) in [6, 6.07) is -4.24. The second-order valence-corrected chi connectivity index (χ2v) is 16.3. The molecule has 0 aromatic heterocycles. The van der Waals surface area contributed by atoms with Crippen molar-refractivity contribution in [2.45, 2.75) is 127 Å². The van der Waals surface area contributed by atoms with E-state index in [4.69, 9.17) is 4.74 Å². The number of amides is 6. The molecular formula is C41H54F2N6O8. The number of hydrogen-bond acceptors (Lipinski definition) is 8. The number of hydrogen-bond donors (Lipinski definition) is 3. The summed E-state index contributed by atoms with van der Waals surface area (Å²) in [6.45, 7) is 3.26. The van der Waals surface area contributed by atoms with E-state index in [9.17, 15) is 42.3 Å². The number of fused-ring (bicyclic) bond motifs is 3. The predicted molar refractivity (Wildman–Crippen MR) is 202 cm³/mol. The van der Waals surface area contributed by atoms with E-state index in [1.807, 2.05) is 6.92 Å². The fourth-order valence-electron chi connectivity index (χ4n) is 8.92. The number of carbonyl (C=O) groups is 7. The summed E-state index contributed by atoms with van der Waals surface area (Å²) in [6.07, 6.45) is 10.6. The molecule has 6 rings (SSSR count). The average Bonchev–Trinajstić information content (AvgIpc) is 3.84. The van der Waals surface area contributed by atoms with Gasteiger partial charge < -0.3 is 35.4 Å². The molecule has 7 atom stereocenters. The minimum absolute atomic E-state index is 0.0877. The Balaban J connectivity index is 1.29. The Hall–Kier alpha value is -4.89. The van der Waals surface area contributed by atoms with Crippen LogP contribution >= 0.6 is 0 Å². The Labute approximate surface area is 331 Å². The maximum atomic E-state index is 14.5. The van der Waals surface area contributed by atoms with Crippen LogP contribution < -0.4 is 16.0 Å². The zero-order valence-electron chi connectivity index (χ0n) is 32.7. The summed E-state index contributed by atoms with van der Waals surface area (Å²) in [5.41, 5.74) is 0.0877. The molecule has 310 valence electrons. The van der Waals surface area contributed by atoms with Gasteiger partial charge in [0.1, 0.15) is 54.5 Å². The van der Waals surface area contributed by atoms with E-state index in [1.54, 1.807) is 12.2 Å². The van der Waals surface area contributed by atoms with Gasteiger partial charge >= 0.3 is 5.97 Å². The second kappa shape index (κ2) is 18.6. The smallest absolute Gasteiger partial charge is 0.328 e. The average molecular weight is 797 g/mol. The van der Waals surface area contributed by atoms with Crippen molar-refractivity contribution in [2.75, 3.05) is 26.2 Å². The SMILES string of the molecule is C[C@@H]1C[C@H]2C(=O)OC[C@H](NC(=O)[C@H](Cc3cc(F)cc(F)c3)NC(=O)CCC3CCCCC3)C(=O)N3CCC[C@H]3C(=O)N3CCC=C[C@H]3C(=O)N[C@@H](C)C(=O)N2C1. The zero-order chi connectivity index (χ0) is 40.8. The Morgan fingerprint density at radius 1 is 0.877 bits per heavy atom. The molecule has 0 radical (unpaired) electrons. The molecule has 1 aromatic rings. The highest BCUT2D eigenvalue weighted by Gasteiger charge is 2.45. The topological polar surface area (TPSA) is 175 Å². The highest BCUT2D eigenvalue weighted by atomic mass is 19.1. The van der Waals surface area contributed by atoms with Crippen LogP contribution in [0.25, 0.3) is 0 Å². The van der Waals surface area contributed by atoms with Crippen LogP contribution in [0.3, 0.4) is 0 Å². The molecule has 0 bridgehead atoms. The lowest BCUT2D eigenvalue weighted by Gasteiger charge is -2.37. The van der Waals surface area contributed by atoms with Crippen molar-refractivity contribution < 1.29 is 47.1 Å². The van der Waals surface area contributed by atoms with Crippen molar-refractivity contribution in [1.82, 2.24) is 30.7 Å². The monoisotopic (exact) mass is 796 g/mol. The van der Waals surface area contributed by atoms with Crippen LogP contribution in [0.1, 0.15) is 90.0 Å². The Kier molecular flexibility index (Phi) is 13.6. The molecule has 1 aliphatic carbocycles. The maximum Gasteiger partial charge on any atom is 0.328 e. The highest BCUT2D eigenvalue weighted by molar-refractivity contribution is 5.98. The van der Waals surface area contributed by atoms with Gasteiger partial charge in [0.2, 0.25) is 35.4 Å². The third-order valence-electron chi connectivity index (χ3n) is 11.9. The highest BCUT2D eigenvalue weighted by Crippen LogP contribution is 2.29. The van der Waals surface area contributed by atoms with Gasteiger partial charge in [-0.25, -0.2) is 13.6 Å². The largest absolute Gasteiger partial charge is 0.461 e. The van der Waals surface area contributed by atoms with Gasteiger partial charge in [-0.05, 0) is 68.6 Å². The molecule has 4 aliphatic heterocycles. The molecule has 6 amide bonds. The van der Waals surface area contributed by atoms with Crippen LogP contribution in [0.4, 0.5) is 8.78 Å². The van der Waals surface area contributed by atoms with Crippen LogP contribution in [0.5, 0.6) is 0 Å². The molecule has 3 N–H and O–H groups in total. The van der Waals surface area contributed by atoms with Crippen molar-refractivity contribution in [2.24, 2.45) is 11.8 Å². The van der Waals surface area contributed by atoms with Gasteiger partial charge in [0.25, 0.3) is 0 Å². The number of halogens is 2. The van der Waals surface area contributed by atoms with E-state index < -0.39 is 95.9 Å². The second-order valence-electron chi connectivity index (χ2n) is 16.3. The molecule has 16 heteroatoms. The summed E-state index contributed by atoms with van der Waals surface area (Å²) in [5, 5.41) is 8.06. The van der Waals surface area contributed by atoms with Gasteiger partial charge in [0.15, 0.2) is 0 Å². The standard InChI is InChI=1S/C41H54F2N6O8/c1-24-17-34-41(56)57-23-31(46-36(51)30(20-27-18-28(42)21-29(43)19-27)45-35(50)14-13-26-9-4-3-5-10-26)39(54)48-16-8-12-33(48)40(55)47-15-7-6-11-32(47)37(52)44-25(2)38(53)49(34)22-24/h6,11,18-19,21,24-26,30-34H,3-5,7-10,12-17,20,22-23H2,1-2H3,(H,44,52)(H,45,50)(H,46,51)/t24-,25+,30+,31+,32+,33+,34+/m1/s1. The van der Waals surface area contributed by atoms with Gasteiger partial charge in [-0.3, -0.25) is 28.8 Å². The van der Waals surface area contributed by atoms with E-state index in [0.717, 1.165) is 44.2 Å². The molecule has 4 fully saturated rings. The molecule has 0 unspecified atom stereocenters. The van der Waals surface area contributed by atoms with E-state index in [1.165, 1.54) is 21.6 Å². The van der Waals surface area contributed by atoms with Gasteiger partial charge in [0, 0.05) is 38.5 Å². The Morgan fingerprint density at radius 2 is 1.61 bits per heavy atom. The van der Waals surface area contributed by atoms with Gasteiger partial charge in [-0.2, -0.15) is 0 Å². The van der Waals surface area contributed by atoms with Crippen molar-refractivity contribution in [1.29, 1.82) is 0 Å². The number of rotatable bonds is 8. The first-order valence-electron chi connectivity index (χ1n) is 20.4. The minimum atomic E-state index is -1.55. The van der Waals surface area contributed by atoms with E-state index in [2.05, 4.69) is 16.0 Å². The number of carbonyl (C=O) groups excluding carboxylic acids is 7. The minimum Gasteiger partial charge on any atom is -0.461 e. The maximum absolute atomic E-state index is 14.5. The zero-order valence-corrected chi connectivity index (χ0v) is 32.7. The first kappa shape index (κ1) is 41.7. The number of benzene rings is 1. The van der Waals surface area contributed by atoms with E-state index in [0.29, 0.717) is 31.2 Å². The van der Waals surface area contributed by atoms with E-state index >= 15 is 0 Å². The van der Waals surface area contributed by atoms with Crippen LogP contribution in [0.2, 0.25) is 0 Å². The van der Waals surface area contributed by atoms with Crippen molar-refractivity contribution in [3.63, 3.8) is 0 Å². The summed E-state index contributed by atoms with van der Waals surface area (Å²) >= 11 is 0. The number of nitrogens with one attached hydrogen (secondary N) is 3. The number of cyclic esters (lactones) is 1. The number of esters is 1. The first-order valence-corrected chi connectivity index (χ1v) is 20.4. The van der Waals surface area contributed by atoms with Crippen LogP contribution in [-0.2, 0) is 44.7 Å². The molecule has 14 nitrogen and oxygen atoms in total. The molecule has 1 aromatic carbocycles. The van der Waals surface area contributed by atoms with Crippen molar-refractivity contribution in [3.05, 3.63) is 47.5 Å². The number of nitrogens with zero attached hydrogens (tertiary/aromatic N) is 3. The lowest BCUT2D eigenvalue weighted by Crippen LogP contribution is -2.61. The molecule has 0 spiro atoms. The number of ether oxygens (including phenoxy) is 1. The summed E-state index contributed by atoms with van der Waals surface area (Å²) in [7, 11) is 0. The summed E-state index contributed by atoms with van der Waals surface area (Å²) in [5.74, 6) is -5.89. The Bertz CT molecular complexity index is 1730. The Morgan fingerprint density at radius 3 is 2.35 bits per heavy atom. The molecule has 1 saturated carbocycles. The fourth-order valence-corrected chi connectivity index (χ4v) is 8.92. The third kappa shape index (κ3) is 10.2. The van der Waals surface area contributed by atoms with Crippen molar-refractivity contribution >= 4 is 41.4 Å². The van der Waals surface area contributed by atoms with Crippen LogP contribution in [0, 0.1) is 23.5 Å². The molecule has 3 saturated heterocycles.